The first-order valence-electron chi connectivity index (χ1n) is 9.99. The summed E-state index contributed by atoms with van der Waals surface area (Å²) in [6.45, 7) is 4.66. The summed E-state index contributed by atoms with van der Waals surface area (Å²) in [6, 6.07) is 6.52. The van der Waals surface area contributed by atoms with Gasteiger partial charge in [-0.1, -0.05) is 6.92 Å². The van der Waals surface area contributed by atoms with E-state index in [1.54, 1.807) is 23.1 Å². The molecule has 32 heavy (non-hydrogen) atoms. The van der Waals surface area contributed by atoms with Crippen molar-refractivity contribution in [1.82, 2.24) is 19.7 Å². The average Bonchev–Trinajstić information content (AvgIpc) is 3.39. The minimum atomic E-state index is -4.37. The van der Waals surface area contributed by atoms with E-state index >= 15 is 0 Å². The topological polar surface area (TPSA) is 72.7 Å². The van der Waals surface area contributed by atoms with Crippen molar-refractivity contribution in [3.05, 3.63) is 65.1 Å². The van der Waals surface area contributed by atoms with Gasteiger partial charge in [0.25, 0.3) is 0 Å². The van der Waals surface area contributed by atoms with Crippen LogP contribution in [0.2, 0.25) is 0 Å². The summed E-state index contributed by atoms with van der Waals surface area (Å²) in [7, 11) is 0. The first kappa shape index (κ1) is 21.9. The van der Waals surface area contributed by atoms with Crippen molar-refractivity contribution in [3.8, 4) is 0 Å². The molecule has 0 bridgehead atoms. The number of thiazole rings is 1. The zero-order valence-corrected chi connectivity index (χ0v) is 18.2. The van der Waals surface area contributed by atoms with Crippen LogP contribution in [-0.4, -0.2) is 25.5 Å². The number of fused-ring (bicyclic) bond motifs is 1. The van der Waals surface area contributed by atoms with Gasteiger partial charge in [-0.3, -0.25) is 14.5 Å². The summed E-state index contributed by atoms with van der Waals surface area (Å²) in [5, 5.41) is 8.79. The number of nitrogens with one attached hydrogen (secondary N) is 1. The summed E-state index contributed by atoms with van der Waals surface area (Å²) in [6.07, 6.45) is 1.07. The molecule has 4 rings (SSSR count). The number of alkyl halides is 3. The zero-order valence-electron chi connectivity index (χ0n) is 17.3. The lowest BCUT2D eigenvalue weighted by Gasteiger charge is -2.08. The molecule has 1 atom stereocenters. The van der Waals surface area contributed by atoms with Gasteiger partial charge >= 0.3 is 6.18 Å². The number of ketones is 1. The first-order chi connectivity index (χ1) is 15.2. The SMILES string of the molecule is CCn1cc2cc(C(=O)CC(C)c3cnc(Nc4ccc(C(F)(F)F)cc4)s3)ncc2n1. The molecule has 0 aliphatic carbocycles. The smallest absolute Gasteiger partial charge is 0.332 e. The normalized spacial score (nSPS) is 12.8. The molecule has 0 fully saturated rings. The number of aryl methyl sites for hydroxylation is 1. The molecule has 3 heterocycles. The van der Waals surface area contributed by atoms with Crippen LogP contribution in [0.5, 0.6) is 0 Å². The molecule has 166 valence electrons. The van der Waals surface area contributed by atoms with Crippen LogP contribution in [0.3, 0.4) is 0 Å². The molecule has 0 saturated heterocycles. The van der Waals surface area contributed by atoms with Crippen LogP contribution in [-0.2, 0) is 12.7 Å². The summed E-state index contributed by atoms with van der Waals surface area (Å²) in [5.74, 6) is -0.159. The minimum Gasteiger partial charge on any atom is -0.332 e. The van der Waals surface area contributed by atoms with Crippen LogP contribution in [0, 0.1) is 0 Å². The molecule has 0 amide bonds. The number of carbonyl (C=O) groups is 1. The summed E-state index contributed by atoms with van der Waals surface area (Å²) in [5.41, 5.74) is 0.946. The van der Waals surface area contributed by atoms with Crippen molar-refractivity contribution in [3.63, 3.8) is 0 Å². The quantitative estimate of drug-likeness (QED) is 0.341. The van der Waals surface area contributed by atoms with E-state index in [4.69, 9.17) is 0 Å². The monoisotopic (exact) mass is 459 g/mol. The number of halogens is 3. The molecule has 0 aliphatic rings. The maximum atomic E-state index is 12.7. The van der Waals surface area contributed by atoms with Crippen molar-refractivity contribution >= 4 is 38.8 Å². The average molecular weight is 459 g/mol. The number of hydrogen-bond acceptors (Lipinski definition) is 6. The van der Waals surface area contributed by atoms with Crippen molar-refractivity contribution in [1.29, 1.82) is 0 Å². The van der Waals surface area contributed by atoms with E-state index in [9.17, 15) is 18.0 Å². The Morgan fingerprint density at radius 2 is 1.94 bits per heavy atom. The highest BCUT2D eigenvalue weighted by molar-refractivity contribution is 7.15. The lowest BCUT2D eigenvalue weighted by atomic mass is 10.0. The second kappa shape index (κ2) is 8.70. The predicted molar refractivity (Wildman–Crippen MR) is 117 cm³/mol. The van der Waals surface area contributed by atoms with Crippen LogP contribution in [0.25, 0.3) is 10.9 Å². The maximum absolute atomic E-state index is 12.7. The Kier molecular flexibility index (Phi) is 5.96. The lowest BCUT2D eigenvalue weighted by Crippen LogP contribution is -2.06. The number of carbonyl (C=O) groups excluding carboxylic acids is 1. The van der Waals surface area contributed by atoms with Gasteiger partial charge in [-0.05, 0) is 43.2 Å². The summed E-state index contributed by atoms with van der Waals surface area (Å²) >= 11 is 1.36. The van der Waals surface area contributed by atoms with Gasteiger partial charge in [-0.25, -0.2) is 4.98 Å². The van der Waals surface area contributed by atoms with Gasteiger partial charge in [0, 0.05) is 41.3 Å². The van der Waals surface area contributed by atoms with Gasteiger partial charge in [-0.2, -0.15) is 18.3 Å². The third-order valence-electron chi connectivity index (χ3n) is 5.01. The van der Waals surface area contributed by atoms with Crippen LogP contribution >= 0.6 is 11.3 Å². The van der Waals surface area contributed by atoms with Crippen LogP contribution in [0.1, 0.15) is 47.1 Å². The Balaban J connectivity index is 1.41. The van der Waals surface area contributed by atoms with Crippen LogP contribution < -0.4 is 5.32 Å². The minimum absolute atomic E-state index is 0.0747. The van der Waals surface area contributed by atoms with E-state index in [1.165, 1.54) is 23.5 Å². The maximum Gasteiger partial charge on any atom is 0.416 e. The fourth-order valence-corrected chi connectivity index (χ4v) is 4.10. The molecule has 1 N–H and O–H groups in total. The number of rotatable bonds is 7. The molecule has 3 aromatic heterocycles. The number of anilines is 2. The van der Waals surface area contributed by atoms with E-state index in [0.717, 1.165) is 34.5 Å². The van der Waals surface area contributed by atoms with Gasteiger partial charge in [0.1, 0.15) is 11.2 Å². The third-order valence-corrected chi connectivity index (χ3v) is 6.16. The molecule has 4 aromatic rings. The Labute approximate surface area is 186 Å². The highest BCUT2D eigenvalue weighted by atomic mass is 32.1. The summed E-state index contributed by atoms with van der Waals surface area (Å²) < 4.78 is 39.9. The highest BCUT2D eigenvalue weighted by Gasteiger charge is 2.30. The third kappa shape index (κ3) is 4.80. The molecule has 0 aliphatic heterocycles. The molecular formula is C22H20F3N5OS. The second-order valence-electron chi connectivity index (χ2n) is 7.41. The lowest BCUT2D eigenvalue weighted by molar-refractivity contribution is -0.137. The Morgan fingerprint density at radius 1 is 1.19 bits per heavy atom. The van der Waals surface area contributed by atoms with Crippen molar-refractivity contribution in [2.24, 2.45) is 0 Å². The number of benzene rings is 1. The van der Waals surface area contributed by atoms with E-state index in [0.29, 0.717) is 16.5 Å². The summed E-state index contributed by atoms with van der Waals surface area (Å²) in [4.78, 5) is 22.2. The van der Waals surface area contributed by atoms with Crippen molar-refractivity contribution < 1.29 is 18.0 Å². The Morgan fingerprint density at radius 3 is 2.62 bits per heavy atom. The number of aromatic nitrogens is 4. The van der Waals surface area contributed by atoms with Crippen LogP contribution in [0.15, 0.2) is 48.9 Å². The first-order valence-corrected chi connectivity index (χ1v) is 10.8. The van der Waals surface area contributed by atoms with Gasteiger partial charge in [0.15, 0.2) is 10.9 Å². The van der Waals surface area contributed by atoms with Gasteiger partial charge in [-0.15, -0.1) is 11.3 Å². The Hall–Kier alpha value is -3.27. The molecule has 1 aromatic carbocycles. The molecule has 0 saturated carbocycles. The predicted octanol–water partition coefficient (Wildman–Crippen LogP) is 6.05. The van der Waals surface area contributed by atoms with Gasteiger partial charge < -0.3 is 5.32 Å². The van der Waals surface area contributed by atoms with Gasteiger partial charge in [0.2, 0.25) is 0 Å². The van der Waals surface area contributed by atoms with E-state index in [1.807, 2.05) is 20.0 Å². The van der Waals surface area contributed by atoms with E-state index < -0.39 is 11.7 Å². The van der Waals surface area contributed by atoms with E-state index in [-0.39, 0.29) is 18.1 Å². The number of nitrogens with zero attached hydrogens (tertiary/aromatic N) is 4. The standard InChI is InChI=1S/C22H20F3N5OS/c1-3-30-12-14-9-17(26-10-18(14)29-30)19(31)8-13(2)20-11-27-21(32-20)28-16-6-4-15(5-7-16)22(23,24)25/h4-7,9-13H,3,8H2,1-2H3,(H,27,28). The van der Waals surface area contributed by atoms with Gasteiger partial charge in [0.05, 0.1) is 11.8 Å². The fraction of sp³-hybridized carbons (Fsp3) is 0.273. The molecular weight excluding hydrogens is 439 g/mol. The number of Topliss-reactive ketones (excluding diaryl/α,β-unsaturated/α-hetero) is 1. The zero-order chi connectivity index (χ0) is 22.9. The Bertz CT molecular complexity index is 1250. The number of hydrogen-bond donors (Lipinski definition) is 1. The van der Waals surface area contributed by atoms with E-state index in [2.05, 4.69) is 20.4 Å². The highest BCUT2D eigenvalue weighted by Crippen LogP contribution is 2.33. The van der Waals surface area contributed by atoms with Crippen molar-refractivity contribution in [2.45, 2.75) is 38.9 Å². The molecule has 1 unspecified atom stereocenters. The molecule has 6 nitrogen and oxygen atoms in total. The van der Waals surface area contributed by atoms with Crippen LogP contribution in [0.4, 0.5) is 24.0 Å². The van der Waals surface area contributed by atoms with Crippen molar-refractivity contribution in [2.75, 3.05) is 5.32 Å². The molecule has 0 spiro atoms. The number of pyridine rings is 1. The molecule has 0 radical (unpaired) electrons. The second-order valence-corrected chi connectivity index (χ2v) is 8.47. The fourth-order valence-electron chi connectivity index (χ4n) is 3.21. The largest absolute Gasteiger partial charge is 0.416 e. The molecule has 10 heteroatoms.